The lowest BCUT2D eigenvalue weighted by Crippen LogP contribution is -2.50. The van der Waals surface area contributed by atoms with Crippen LogP contribution in [0.15, 0.2) is 36.4 Å². The summed E-state index contributed by atoms with van der Waals surface area (Å²) >= 11 is 0. The molecule has 1 aliphatic heterocycles. The first kappa shape index (κ1) is 16.9. The molecule has 0 atom stereocenters. The molecule has 7 nitrogen and oxygen atoms in total. The van der Waals surface area contributed by atoms with Crippen LogP contribution in [0.3, 0.4) is 0 Å². The molecule has 0 unspecified atom stereocenters. The van der Waals surface area contributed by atoms with E-state index in [-0.39, 0.29) is 11.8 Å². The molecule has 130 valence electrons. The Labute approximate surface area is 146 Å². The van der Waals surface area contributed by atoms with Crippen LogP contribution >= 0.6 is 0 Å². The molecule has 2 heterocycles. The van der Waals surface area contributed by atoms with Gasteiger partial charge in [0.05, 0.1) is 0 Å². The van der Waals surface area contributed by atoms with E-state index in [1.807, 2.05) is 37.3 Å². The molecule has 3 rings (SSSR count). The summed E-state index contributed by atoms with van der Waals surface area (Å²) in [4.78, 5) is 36.3. The third-order valence-corrected chi connectivity index (χ3v) is 4.12. The van der Waals surface area contributed by atoms with Crippen molar-refractivity contribution >= 4 is 23.5 Å². The Bertz CT molecular complexity index is 770. The van der Waals surface area contributed by atoms with Crippen LogP contribution in [0.1, 0.15) is 23.1 Å². The van der Waals surface area contributed by atoms with Gasteiger partial charge in [0.25, 0.3) is 5.91 Å². The maximum atomic E-state index is 12.7. The van der Waals surface area contributed by atoms with Crippen molar-refractivity contribution in [3.63, 3.8) is 0 Å². The van der Waals surface area contributed by atoms with E-state index in [0.717, 1.165) is 11.4 Å². The zero-order valence-corrected chi connectivity index (χ0v) is 14.4. The molecule has 0 bridgehead atoms. The molecular formula is C18H21N5O2. The first-order chi connectivity index (χ1) is 12.0. The number of hydrogen-bond donors (Lipinski definition) is 1. The number of aryl methyl sites for hydroxylation is 1. The monoisotopic (exact) mass is 339 g/mol. The zero-order chi connectivity index (χ0) is 17.8. The van der Waals surface area contributed by atoms with E-state index >= 15 is 0 Å². The summed E-state index contributed by atoms with van der Waals surface area (Å²) in [5, 5.41) is 3.12. The second-order valence-electron chi connectivity index (χ2n) is 6.01. The largest absolute Gasteiger partial charge is 0.339 e. The number of amides is 2. The standard InChI is InChI=1S/C18H21N5O2/c1-13-12-16(17(25)23-10-8-22(9-11-23)14(2)24)21-18(19-13)20-15-6-4-3-5-7-15/h3-7,12H,8-11H2,1-2H3,(H,19,20,21). The number of benzene rings is 1. The highest BCUT2D eigenvalue weighted by atomic mass is 16.2. The molecular weight excluding hydrogens is 318 g/mol. The van der Waals surface area contributed by atoms with Gasteiger partial charge in [0.1, 0.15) is 5.69 Å². The molecule has 0 spiro atoms. The fraction of sp³-hybridized carbons (Fsp3) is 0.333. The number of carbonyl (C=O) groups is 2. The predicted molar refractivity (Wildman–Crippen MR) is 94.7 cm³/mol. The number of rotatable bonds is 3. The quantitative estimate of drug-likeness (QED) is 0.923. The van der Waals surface area contributed by atoms with Crippen LogP contribution in [0.25, 0.3) is 0 Å². The molecule has 0 saturated carbocycles. The van der Waals surface area contributed by atoms with Gasteiger partial charge in [-0.3, -0.25) is 9.59 Å². The van der Waals surface area contributed by atoms with E-state index in [4.69, 9.17) is 0 Å². The lowest BCUT2D eigenvalue weighted by molar-refractivity contribution is -0.130. The van der Waals surface area contributed by atoms with Crippen LogP contribution < -0.4 is 5.32 Å². The Kier molecular flexibility index (Phi) is 4.92. The number of carbonyl (C=O) groups excluding carboxylic acids is 2. The number of hydrogen-bond acceptors (Lipinski definition) is 5. The van der Waals surface area contributed by atoms with Gasteiger partial charge in [0.2, 0.25) is 11.9 Å². The van der Waals surface area contributed by atoms with Crippen molar-refractivity contribution in [3.8, 4) is 0 Å². The maximum Gasteiger partial charge on any atom is 0.272 e. The Morgan fingerprint density at radius 2 is 1.64 bits per heavy atom. The summed E-state index contributed by atoms with van der Waals surface area (Å²) < 4.78 is 0. The Hall–Kier alpha value is -2.96. The molecule has 1 aromatic carbocycles. The number of anilines is 2. The smallest absolute Gasteiger partial charge is 0.272 e. The molecule has 1 aliphatic rings. The first-order valence-electron chi connectivity index (χ1n) is 8.25. The average Bonchev–Trinajstić information content (AvgIpc) is 2.61. The van der Waals surface area contributed by atoms with Gasteiger partial charge >= 0.3 is 0 Å². The number of para-hydroxylation sites is 1. The molecule has 1 N–H and O–H groups in total. The van der Waals surface area contributed by atoms with E-state index < -0.39 is 0 Å². The third-order valence-electron chi connectivity index (χ3n) is 4.12. The molecule has 2 aromatic rings. The highest BCUT2D eigenvalue weighted by molar-refractivity contribution is 5.93. The second kappa shape index (κ2) is 7.29. The van der Waals surface area contributed by atoms with Crippen molar-refractivity contribution in [3.05, 3.63) is 47.8 Å². The Morgan fingerprint density at radius 1 is 1.00 bits per heavy atom. The number of piperazine rings is 1. The van der Waals surface area contributed by atoms with Gasteiger partial charge in [-0.1, -0.05) is 18.2 Å². The molecule has 1 fully saturated rings. The van der Waals surface area contributed by atoms with Gasteiger partial charge in [0, 0.05) is 44.5 Å². The Balaban J connectivity index is 1.74. The molecule has 1 saturated heterocycles. The van der Waals surface area contributed by atoms with Gasteiger partial charge in [-0.25, -0.2) is 9.97 Å². The van der Waals surface area contributed by atoms with Crippen LogP contribution in [0.2, 0.25) is 0 Å². The molecule has 25 heavy (non-hydrogen) atoms. The number of nitrogens with one attached hydrogen (secondary N) is 1. The molecule has 0 radical (unpaired) electrons. The van der Waals surface area contributed by atoms with Crippen molar-refractivity contribution < 1.29 is 9.59 Å². The average molecular weight is 339 g/mol. The summed E-state index contributed by atoms with van der Waals surface area (Å²) in [6.07, 6.45) is 0. The first-order valence-corrected chi connectivity index (χ1v) is 8.25. The third kappa shape index (κ3) is 4.12. The van der Waals surface area contributed by atoms with Gasteiger partial charge in [0.15, 0.2) is 0 Å². The Morgan fingerprint density at radius 3 is 2.28 bits per heavy atom. The van der Waals surface area contributed by atoms with Crippen LogP contribution in [-0.2, 0) is 4.79 Å². The van der Waals surface area contributed by atoms with Crippen LogP contribution in [-0.4, -0.2) is 57.8 Å². The molecule has 1 aromatic heterocycles. The van der Waals surface area contributed by atoms with E-state index in [0.29, 0.717) is 37.8 Å². The van der Waals surface area contributed by atoms with Gasteiger partial charge in [-0.2, -0.15) is 0 Å². The highest BCUT2D eigenvalue weighted by Crippen LogP contribution is 2.15. The van der Waals surface area contributed by atoms with Crippen LogP contribution in [0, 0.1) is 6.92 Å². The summed E-state index contributed by atoms with van der Waals surface area (Å²) in [7, 11) is 0. The molecule has 2 amide bonds. The lowest BCUT2D eigenvalue weighted by atomic mass is 10.2. The molecule has 7 heteroatoms. The summed E-state index contributed by atoms with van der Waals surface area (Å²) in [6, 6.07) is 11.3. The van der Waals surface area contributed by atoms with Crippen molar-refractivity contribution in [2.75, 3.05) is 31.5 Å². The minimum Gasteiger partial charge on any atom is -0.339 e. The number of nitrogens with zero attached hydrogens (tertiary/aromatic N) is 4. The predicted octanol–water partition coefficient (Wildman–Crippen LogP) is 1.83. The van der Waals surface area contributed by atoms with Crippen LogP contribution in [0.4, 0.5) is 11.6 Å². The minimum absolute atomic E-state index is 0.0410. The van der Waals surface area contributed by atoms with E-state index in [1.54, 1.807) is 22.8 Å². The second-order valence-corrected chi connectivity index (χ2v) is 6.01. The summed E-state index contributed by atoms with van der Waals surface area (Å²) in [6.45, 7) is 5.53. The summed E-state index contributed by atoms with van der Waals surface area (Å²) in [5.41, 5.74) is 1.95. The van der Waals surface area contributed by atoms with Gasteiger partial charge in [-0.05, 0) is 25.1 Å². The van der Waals surface area contributed by atoms with Crippen molar-refractivity contribution in [2.24, 2.45) is 0 Å². The number of aromatic nitrogens is 2. The van der Waals surface area contributed by atoms with Gasteiger partial charge in [-0.15, -0.1) is 0 Å². The van der Waals surface area contributed by atoms with E-state index in [2.05, 4.69) is 15.3 Å². The topological polar surface area (TPSA) is 78.4 Å². The highest BCUT2D eigenvalue weighted by Gasteiger charge is 2.24. The van der Waals surface area contributed by atoms with Crippen molar-refractivity contribution in [2.45, 2.75) is 13.8 Å². The fourth-order valence-corrected chi connectivity index (χ4v) is 2.77. The SMILES string of the molecule is CC(=O)N1CCN(C(=O)c2cc(C)nc(Nc3ccccc3)n2)CC1. The lowest BCUT2D eigenvalue weighted by Gasteiger charge is -2.34. The van der Waals surface area contributed by atoms with Crippen molar-refractivity contribution in [1.29, 1.82) is 0 Å². The fourth-order valence-electron chi connectivity index (χ4n) is 2.77. The van der Waals surface area contributed by atoms with Gasteiger partial charge < -0.3 is 15.1 Å². The van der Waals surface area contributed by atoms with Crippen molar-refractivity contribution in [1.82, 2.24) is 19.8 Å². The van der Waals surface area contributed by atoms with E-state index in [9.17, 15) is 9.59 Å². The van der Waals surface area contributed by atoms with E-state index in [1.165, 1.54) is 0 Å². The van der Waals surface area contributed by atoms with Crippen LogP contribution in [0.5, 0.6) is 0 Å². The maximum absolute atomic E-state index is 12.7. The molecule has 0 aliphatic carbocycles. The normalized spacial score (nSPS) is 14.3. The summed E-state index contributed by atoms with van der Waals surface area (Å²) in [5.74, 6) is 0.307. The zero-order valence-electron chi connectivity index (χ0n) is 14.4. The minimum atomic E-state index is -0.134.